The van der Waals surface area contributed by atoms with Crippen LogP contribution in [0.25, 0.3) is 16.6 Å². The van der Waals surface area contributed by atoms with Crippen LogP contribution in [0.15, 0.2) is 30.3 Å². The molecule has 0 radical (unpaired) electrons. The second-order valence-electron chi connectivity index (χ2n) is 4.28. The van der Waals surface area contributed by atoms with Crippen LogP contribution in [-0.4, -0.2) is 22.7 Å². The normalized spacial score (nSPS) is 11.0. The lowest BCUT2D eigenvalue weighted by Gasteiger charge is -2.07. The number of aliphatic carboxylic acids is 1. The van der Waals surface area contributed by atoms with Crippen LogP contribution in [0, 0.1) is 0 Å². The van der Waals surface area contributed by atoms with Crippen LogP contribution in [0.5, 0.6) is 5.75 Å². The fourth-order valence-electron chi connectivity index (χ4n) is 1.93. The monoisotopic (exact) mass is 303 g/mol. The molecule has 0 saturated carbocycles. The van der Waals surface area contributed by atoms with Crippen molar-refractivity contribution in [1.82, 2.24) is 4.98 Å². The molecule has 5 heteroatoms. The number of carbonyl (C=O) groups is 1. The zero-order valence-corrected chi connectivity index (χ0v) is 12.8. The summed E-state index contributed by atoms with van der Waals surface area (Å²) < 4.78 is 5.63. The maximum Gasteiger partial charge on any atom is 0.328 e. The van der Waals surface area contributed by atoms with Gasteiger partial charge in [-0.3, -0.25) is 0 Å². The number of hydrogen-bond acceptors (Lipinski definition) is 4. The molecule has 0 aliphatic carbocycles. The second kappa shape index (κ2) is 7.04. The molecule has 0 atom stereocenters. The maximum absolute atomic E-state index is 10.7. The van der Waals surface area contributed by atoms with Gasteiger partial charge in [0.1, 0.15) is 10.8 Å². The van der Waals surface area contributed by atoms with Crippen LogP contribution in [0.1, 0.15) is 24.4 Å². The van der Waals surface area contributed by atoms with Crippen molar-refractivity contribution in [1.29, 1.82) is 0 Å². The van der Waals surface area contributed by atoms with Crippen molar-refractivity contribution in [2.24, 2.45) is 0 Å². The molecule has 0 unspecified atom stereocenters. The van der Waals surface area contributed by atoms with Crippen LogP contribution in [0.2, 0.25) is 0 Å². The highest BCUT2D eigenvalue weighted by atomic mass is 32.1. The summed E-state index contributed by atoms with van der Waals surface area (Å²) in [5, 5.41) is 9.60. The standard InChI is InChI=1S/C16H17NO3S/c1-3-12-14(9-10-15(18)19)21-16(17-12)11-7-5-6-8-13(11)20-4-2/h5-10H,3-4H2,1-2H3,(H,18,19)/b10-9+. The highest BCUT2D eigenvalue weighted by Crippen LogP contribution is 2.35. The van der Waals surface area contributed by atoms with Gasteiger partial charge >= 0.3 is 5.97 Å². The van der Waals surface area contributed by atoms with Crippen LogP contribution in [-0.2, 0) is 11.2 Å². The molecule has 1 N–H and O–H groups in total. The van der Waals surface area contributed by atoms with Crippen LogP contribution >= 0.6 is 11.3 Å². The molecule has 0 aliphatic rings. The molecule has 21 heavy (non-hydrogen) atoms. The number of nitrogens with zero attached hydrogens (tertiary/aromatic N) is 1. The van der Waals surface area contributed by atoms with Crippen molar-refractivity contribution < 1.29 is 14.6 Å². The summed E-state index contributed by atoms with van der Waals surface area (Å²) in [5.41, 5.74) is 1.84. The summed E-state index contributed by atoms with van der Waals surface area (Å²) in [5.74, 6) is -0.160. The van der Waals surface area contributed by atoms with Gasteiger partial charge in [0.15, 0.2) is 0 Å². The Labute approximate surface area is 127 Å². The molecule has 0 bridgehead atoms. The van der Waals surface area contributed by atoms with E-state index in [1.54, 1.807) is 6.08 Å². The minimum atomic E-state index is -0.957. The number of carboxylic acids is 1. The highest BCUT2D eigenvalue weighted by Gasteiger charge is 2.13. The lowest BCUT2D eigenvalue weighted by Crippen LogP contribution is -1.93. The summed E-state index contributed by atoms with van der Waals surface area (Å²) in [6.07, 6.45) is 3.50. The highest BCUT2D eigenvalue weighted by molar-refractivity contribution is 7.16. The number of benzene rings is 1. The van der Waals surface area contributed by atoms with E-state index < -0.39 is 5.97 Å². The van der Waals surface area contributed by atoms with E-state index >= 15 is 0 Å². The van der Waals surface area contributed by atoms with E-state index in [9.17, 15) is 4.79 Å². The van der Waals surface area contributed by atoms with E-state index in [1.807, 2.05) is 38.1 Å². The number of ether oxygens (including phenoxy) is 1. The van der Waals surface area contributed by atoms with Crippen LogP contribution in [0.4, 0.5) is 0 Å². The molecule has 0 amide bonds. The first-order chi connectivity index (χ1) is 10.2. The zero-order chi connectivity index (χ0) is 15.2. The zero-order valence-electron chi connectivity index (χ0n) is 12.0. The van der Waals surface area contributed by atoms with Gasteiger partial charge in [0.25, 0.3) is 0 Å². The Hall–Kier alpha value is -2.14. The minimum absolute atomic E-state index is 0.592. The molecule has 110 valence electrons. The van der Waals surface area contributed by atoms with Crippen LogP contribution in [0.3, 0.4) is 0 Å². The molecule has 2 aromatic rings. The summed E-state index contributed by atoms with van der Waals surface area (Å²) >= 11 is 1.48. The third kappa shape index (κ3) is 3.70. The number of carboxylic acid groups (broad SMARTS) is 1. The van der Waals surface area contributed by atoms with Crippen molar-refractivity contribution in [2.45, 2.75) is 20.3 Å². The maximum atomic E-state index is 10.7. The fraction of sp³-hybridized carbons (Fsp3) is 0.250. The fourth-order valence-corrected chi connectivity index (χ4v) is 3.02. The lowest BCUT2D eigenvalue weighted by molar-refractivity contribution is -0.131. The Morgan fingerprint density at radius 1 is 1.38 bits per heavy atom. The first-order valence-electron chi connectivity index (χ1n) is 6.78. The Bertz CT molecular complexity index is 661. The van der Waals surface area contributed by atoms with Crippen molar-refractivity contribution in [3.05, 3.63) is 40.9 Å². The largest absolute Gasteiger partial charge is 0.493 e. The first kappa shape index (κ1) is 15.3. The lowest BCUT2D eigenvalue weighted by atomic mass is 10.2. The Balaban J connectivity index is 2.43. The molecule has 0 spiro atoms. The van der Waals surface area contributed by atoms with Crippen molar-refractivity contribution in [3.8, 4) is 16.3 Å². The minimum Gasteiger partial charge on any atom is -0.493 e. The molecule has 0 fully saturated rings. The van der Waals surface area contributed by atoms with E-state index in [0.29, 0.717) is 6.61 Å². The molecular formula is C16H17NO3S. The number of aryl methyl sites for hydroxylation is 1. The topological polar surface area (TPSA) is 59.4 Å². The molecular weight excluding hydrogens is 286 g/mol. The number of aromatic nitrogens is 1. The summed E-state index contributed by atoms with van der Waals surface area (Å²) in [6, 6.07) is 7.75. The van der Waals surface area contributed by atoms with Gasteiger partial charge in [0, 0.05) is 6.08 Å². The van der Waals surface area contributed by atoms with Gasteiger partial charge in [0.05, 0.1) is 22.7 Å². The number of rotatable bonds is 6. The third-order valence-electron chi connectivity index (χ3n) is 2.86. The summed E-state index contributed by atoms with van der Waals surface area (Å²) in [7, 11) is 0. The third-order valence-corrected chi connectivity index (χ3v) is 3.95. The van der Waals surface area contributed by atoms with Gasteiger partial charge < -0.3 is 9.84 Å². The Morgan fingerprint density at radius 2 is 2.14 bits per heavy atom. The SMILES string of the molecule is CCOc1ccccc1-c1nc(CC)c(/C=C/C(=O)O)s1. The smallest absolute Gasteiger partial charge is 0.328 e. The molecule has 1 aromatic carbocycles. The van der Waals surface area contributed by atoms with E-state index in [1.165, 1.54) is 11.3 Å². The van der Waals surface area contributed by atoms with Crippen molar-refractivity contribution >= 4 is 23.4 Å². The predicted molar refractivity (Wildman–Crippen MR) is 84.8 cm³/mol. The van der Waals surface area contributed by atoms with Gasteiger partial charge in [-0.2, -0.15) is 0 Å². The van der Waals surface area contributed by atoms with Crippen molar-refractivity contribution in [3.63, 3.8) is 0 Å². The van der Waals surface area contributed by atoms with Gasteiger partial charge in [-0.15, -0.1) is 11.3 Å². The molecule has 0 aliphatic heterocycles. The predicted octanol–water partition coefficient (Wildman–Crippen LogP) is 3.87. The van der Waals surface area contributed by atoms with E-state index in [0.717, 1.165) is 39.4 Å². The molecule has 2 rings (SSSR count). The Morgan fingerprint density at radius 3 is 2.81 bits per heavy atom. The quantitative estimate of drug-likeness (QED) is 0.823. The molecule has 4 nitrogen and oxygen atoms in total. The van der Waals surface area contributed by atoms with E-state index in [2.05, 4.69) is 4.98 Å². The molecule has 1 aromatic heterocycles. The van der Waals surface area contributed by atoms with Gasteiger partial charge in [-0.05, 0) is 31.6 Å². The average Bonchev–Trinajstić information content (AvgIpc) is 2.89. The van der Waals surface area contributed by atoms with E-state index in [-0.39, 0.29) is 0 Å². The number of thiazole rings is 1. The second-order valence-corrected chi connectivity index (χ2v) is 5.31. The summed E-state index contributed by atoms with van der Waals surface area (Å²) in [4.78, 5) is 16.2. The molecule has 0 saturated heterocycles. The van der Waals surface area contributed by atoms with Gasteiger partial charge in [-0.25, -0.2) is 9.78 Å². The van der Waals surface area contributed by atoms with Crippen LogP contribution < -0.4 is 4.74 Å². The van der Waals surface area contributed by atoms with Gasteiger partial charge in [0.2, 0.25) is 0 Å². The first-order valence-corrected chi connectivity index (χ1v) is 7.60. The Kier molecular flexibility index (Phi) is 5.11. The summed E-state index contributed by atoms with van der Waals surface area (Å²) in [6.45, 7) is 4.54. The number of hydrogen-bond donors (Lipinski definition) is 1. The van der Waals surface area contributed by atoms with Crippen molar-refractivity contribution in [2.75, 3.05) is 6.61 Å². The number of para-hydroxylation sites is 1. The van der Waals surface area contributed by atoms with E-state index in [4.69, 9.17) is 9.84 Å². The molecule has 1 heterocycles. The average molecular weight is 303 g/mol. The van der Waals surface area contributed by atoms with Gasteiger partial charge in [-0.1, -0.05) is 19.1 Å².